The van der Waals surface area contributed by atoms with Gasteiger partial charge in [0.05, 0.1) is 13.1 Å². The SMILES string of the molecule is [O-]c1cccc(Br)c1C=NCCN=Cc1c([O-])cccc1Br. The Morgan fingerprint density at radius 1 is 0.773 bits per heavy atom. The maximum Gasteiger partial charge on any atom is 0.0585 e. The molecule has 0 aliphatic heterocycles. The zero-order chi connectivity index (χ0) is 15.9. The fraction of sp³-hybridized carbons (Fsp3) is 0.125. The Balaban J connectivity index is 1.92. The van der Waals surface area contributed by atoms with E-state index >= 15 is 0 Å². The van der Waals surface area contributed by atoms with Gasteiger partial charge in [-0.1, -0.05) is 67.6 Å². The predicted octanol–water partition coefficient (Wildman–Crippen LogP) is 2.90. The molecule has 22 heavy (non-hydrogen) atoms. The van der Waals surface area contributed by atoms with Gasteiger partial charge in [0.2, 0.25) is 0 Å². The molecular weight excluding hydrogens is 412 g/mol. The summed E-state index contributed by atoms with van der Waals surface area (Å²) in [4.78, 5) is 8.36. The Kier molecular flexibility index (Phi) is 6.15. The maximum atomic E-state index is 11.6. The Morgan fingerprint density at radius 3 is 1.55 bits per heavy atom. The van der Waals surface area contributed by atoms with Crippen molar-refractivity contribution in [3.8, 4) is 11.5 Å². The van der Waals surface area contributed by atoms with Crippen molar-refractivity contribution in [3.05, 3.63) is 56.5 Å². The first-order valence-corrected chi connectivity index (χ1v) is 8.09. The molecule has 0 atom stereocenters. The minimum Gasteiger partial charge on any atom is -0.872 e. The van der Waals surface area contributed by atoms with Crippen LogP contribution in [-0.4, -0.2) is 25.5 Å². The largest absolute Gasteiger partial charge is 0.872 e. The predicted molar refractivity (Wildman–Crippen MR) is 92.1 cm³/mol. The molecule has 6 heteroatoms. The summed E-state index contributed by atoms with van der Waals surface area (Å²) in [6.07, 6.45) is 3.08. The van der Waals surface area contributed by atoms with Gasteiger partial charge in [-0.15, -0.1) is 0 Å². The van der Waals surface area contributed by atoms with Gasteiger partial charge in [-0.3, -0.25) is 9.98 Å². The first-order chi connectivity index (χ1) is 10.6. The Morgan fingerprint density at radius 2 is 1.18 bits per heavy atom. The minimum absolute atomic E-state index is 0.0779. The third-order valence-corrected chi connectivity index (χ3v) is 4.21. The first kappa shape index (κ1) is 16.7. The number of benzene rings is 2. The van der Waals surface area contributed by atoms with E-state index in [-0.39, 0.29) is 11.5 Å². The highest BCUT2D eigenvalue weighted by molar-refractivity contribution is 9.10. The van der Waals surface area contributed by atoms with Crippen LogP contribution in [0.25, 0.3) is 0 Å². The van der Waals surface area contributed by atoms with Crippen molar-refractivity contribution in [1.29, 1.82) is 0 Å². The van der Waals surface area contributed by atoms with Crippen molar-refractivity contribution in [1.82, 2.24) is 0 Å². The Bertz CT molecular complexity index is 613. The Labute approximate surface area is 145 Å². The summed E-state index contributed by atoms with van der Waals surface area (Å²) in [6.45, 7) is 0.881. The molecule has 0 aliphatic rings. The molecule has 0 spiro atoms. The molecule has 0 N–H and O–H groups in total. The van der Waals surface area contributed by atoms with Crippen LogP contribution < -0.4 is 10.2 Å². The lowest BCUT2D eigenvalue weighted by Gasteiger charge is -2.11. The third-order valence-electron chi connectivity index (χ3n) is 2.82. The van der Waals surface area contributed by atoms with Gasteiger partial charge in [0, 0.05) is 21.4 Å². The summed E-state index contributed by atoms with van der Waals surface area (Å²) in [5, 5.41) is 23.3. The molecule has 0 saturated carbocycles. The van der Waals surface area contributed by atoms with E-state index in [1.807, 2.05) is 0 Å². The van der Waals surface area contributed by atoms with Crippen molar-refractivity contribution in [2.45, 2.75) is 0 Å². The number of nitrogens with zero attached hydrogens (tertiary/aromatic N) is 2. The zero-order valence-corrected chi connectivity index (χ0v) is 14.7. The summed E-state index contributed by atoms with van der Waals surface area (Å²) < 4.78 is 1.44. The van der Waals surface area contributed by atoms with Crippen molar-refractivity contribution >= 4 is 44.3 Å². The zero-order valence-electron chi connectivity index (χ0n) is 11.5. The molecule has 0 aromatic heterocycles. The van der Waals surface area contributed by atoms with Crippen molar-refractivity contribution in [2.24, 2.45) is 9.98 Å². The highest BCUT2D eigenvalue weighted by Crippen LogP contribution is 2.22. The number of hydrogen-bond donors (Lipinski definition) is 0. The molecule has 2 rings (SSSR count). The van der Waals surface area contributed by atoms with Gasteiger partial charge in [0.1, 0.15) is 0 Å². The summed E-state index contributed by atoms with van der Waals surface area (Å²) >= 11 is 6.63. The van der Waals surface area contributed by atoms with Gasteiger partial charge in [-0.05, 0) is 23.3 Å². The monoisotopic (exact) mass is 422 g/mol. The van der Waals surface area contributed by atoms with Gasteiger partial charge in [0.15, 0.2) is 0 Å². The average molecular weight is 424 g/mol. The number of halogens is 2. The molecule has 0 aliphatic carbocycles. The van der Waals surface area contributed by atoms with E-state index < -0.39 is 0 Å². The van der Waals surface area contributed by atoms with Gasteiger partial charge < -0.3 is 10.2 Å². The highest BCUT2D eigenvalue weighted by atomic mass is 79.9. The second-order valence-corrected chi connectivity index (χ2v) is 6.08. The van der Waals surface area contributed by atoms with Crippen LogP contribution in [0.15, 0.2) is 55.3 Å². The van der Waals surface area contributed by atoms with Crippen LogP contribution in [-0.2, 0) is 0 Å². The molecule has 0 radical (unpaired) electrons. The third kappa shape index (κ3) is 4.42. The molecule has 0 heterocycles. The highest BCUT2D eigenvalue weighted by Gasteiger charge is 1.97. The topological polar surface area (TPSA) is 70.8 Å². The maximum absolute atomic E-state index is 11.6. The Hall–Kier alpha value is -1.66. The van der Waals surface area contributed by atoms with E-state index in [2.05, 4.69) is 41.8 Å². The summed E-state index contributed by atoms with van der Waals surface area (Å²) in [6, 6.07) is 9.95. The van der Waals surface area contributed by atoms with Gasteiger partial charge in [-0.25, -0.2) is 0 Å². The van der Waals surface area contributed by atoms with Gasteiger partial charge in [-0.2, -0.15) is 0 Å². The first-order valence-electron chi connectivity index (χ1n) is 6.50. The molecule has 0 bridgehead atoms. The second kappa shape index (κ2) is 8.10. The van der Waals surface area contributed by atoms with E-state index in [0.717, 1.165) is 8.95 Å². The fourth-order valence-electron chi connectivity index (χ4n) is 1.71. The van der Waals surface area contributed by atoms with E-state index in [4.69, 9.17) is 0 Å². The summed E-state index contributed by atoms with van der Waals surface area (Å²) in [5.74, 6) is -0.156. The summed E-state index contributed by atoms with van der Waals surface area (Å²) in [7, 11) is 0. The molecule has 2 aromatic rings. The summed E-state index contributed by atoms with van der Waals surface area (Å²) in [5.41, 5.74) is 1.05. The lowest BCUT2D eigenvalue weighted by atomic mass is 10.2. The van der Waals surface area contributed by atoms with E-state index in [9.17, 15) is 10.2 Å². The molecule has 0 amide bonds. The number of aliphatic imine (C=N–C) groups is 2. The van der Waals surface area contributed by atoms with Crippen LogP contribution in [0.4, 0.5) is 0 Å². The lowest BCUT2D eigenvalue weighted by Crippen LogP contribution is -1.99. The van der Waals surface area contributed by atoms with Crippen molar-refractivity contribution in [2.75, 3.05) is 13.1 Å². The average Bonchev–Trinajstić information content (AvgIpc) is 2.47. The van der Waals surface area contributed by atoms with Crippen LogP contribution in [0.5, 0.6) is 11.5 Å². The standard InChI is InChI=1S/C16H14Br2N2O2/c17-13-3-1-5-15(21)11(13)9-19-7-8-20-10-12-14(18)4-2-6-16(12)22/h1-6,9-10,21-22H,7-8H2/p-2. The van der Waals surface area contributed by atoms with Crippen molar-refractivity contribution in [3.63, 3.8) is 0 Å². The number of rotatable bonds is 5. The fourth-order valence-corrected chi connectivity index (χ4v) is 2.61. The lowest BCUT2D eigenvalue weighted by molar-refractivity contribution is -0.269. The van der Waals surface area contributed by atoms with Crippen LogP contribution in [0.1, 0.15) is 11.1 Å². The number of hydrogen-bond acceptors (Lipinski definition) is 4. The van der Waals surface area contributed by atoms with Gasteiger partial charge in [0.25, 0.3) is 0 Å². The molecule has 4 nitrogen and oxygen atoms in total. The van der Waals surface area contributed by atoms with E-state index in [1.54, 1.807) is 36.7 Å². The van der Waals surface area contributed by atoms with Crippen LogP contribution in [0.3, 0.4) is 0 Å². The smallest absolute Gasteiger partial charge is 0.0585 e. The molecule has 0 fully saturated rings. The minimum atomic E-state index is -0.0779. The van der Waals surface area contributed by atoms with Crippen LogP contribution >= 0.6 is 31.9 Å². The van der Waals surface area contributed by atoms with E-state index in [1.165, 1.54) is 12.1 Å². The van der Waals surface area contributed by atoms with Gasteiger partial charge >= 0.3 is 0 Å². The molecule has 2 aromatic carbocycles. The van der Waals surface area contributed by atoms with Crippen LogP contribution in [0.2, 0.25) is 0 Å². The van der Waals surface area contributed by atoms with E-state index in [0.29, 0.717) is 24.2 Å². The molecular formula is C16H12Br2N2O2-2. The second-order valence-electron chi connectivity index (χ2n) is 4.37. The quantitative estimate of drug-likeness (QED) is 0.547. The molecule has 0 unspecified atom stereocenters. The normalized spacial score (nSPS) is 11.5. The molecule has 114 valence electrons. The molecule has 0 saturated heterocycles. The van der Waals surface area contributed by atoms with Crippen molar-refractivity contribution < 1.29 is 10.2 Å². The van der Waals surface area contributed by atoms with Crippen LogP contribution in [0, 0.1) is 0 Å².